The van der Waals surface area contributed by atoms with Crippen molar-refractivity contribution in [1.29, 1.82) is 0 Å². The molecule has 2 aromatic carbocycles. The smallest absolute Gasteiger partial charge is 0.399 e. The quantitative estimate of drug-likeness (QED) is 0.140. The van der Waals surface area contributed by atoms with Gasteiger partial charge in [0.05, 0.1) is 43.5 Å². The van der Waals surface area contributed by atoms with E-state index in [2.05, 4.69) is 36.2 Å². The molecule has 1 fully saturated rings. The van der Waals surface area contributed by atoms with E-state index in [9.17, 15) is 21.2 Å². The Labute approximate surface area is 364 Å². The number of hydrogen-bond acceptors (Lipinski definition) is 12. The summed E-state index contributed by atoms with van der Waals surface area (Å²) >= 11 is 3.30. The molecule has 0 saturated carbocycles. The third-order valence-electron chi connectivity index (χ3n) is 11.0. The van der Waals surface area contributed by atoms with E-state index >= 15 is 4.39 Å². The summed E-state index contributed by atoms with van der Waals surface area (Å²) in [7, 11) is -8.89. The number of fused-ring (bicyclic) bond motifs is 2. The van der Waals surface area contributed by atoms with E-state index in [1.165, 1.54) is 48.8 Å². The molecular formula is C42H38BBrF2N6O8S2. The molecule has 0 radical (unpaired) electrons. The summed E-state index contributed by atoms with van der Waals surface area (Å²) in [4.78, 5) is 9.01. The number of benzene rings is 2. The molecule has 62 heavy (non-hydrogen) atoms. The highest BCUT2D eigenvalue weighted by Gasteiger charge is 2.53. The highest BCUT2D eigenvalue weighted by molar-refractivity contribution is 9.10. The molecule has 0 bridgehead atoms. The van der Waals surface area contributed by atoms with Gasteiger partial charge in [-0.25, -0.2) is 43.5 Å². The fourth-order valence-corrected chi connectivity index (χ4v) is 10.4. The van der Waals surface area contributed by atoms with Gasteiger partial charge in [0.2, 0.25) is 0 Å². The van der Waals surface area contributed by atoms with Crippen molar-refractivity contribution < 1.29 is 44.0 Å². The molecule has 1 saturated heterocycles. The fraction of sp³-hybridized carbons (Fsp3) is 0.238. The average Bonchev–Trinajstić information content (AvgIpc) is 4.00. The highest BCUT2D eigenvalue weighted by Crippen LogP contribution is 2.39. The van der Waals surface area contributed by atoms with E-state index in [1.54, 1.807) is 64.1 Å². The number of halogens is 3. The number of hydrogen-bond donors (Lipinski definition) is 0. The first kappa shape index (κ1) is 43.1. The van der Waals surface area contributed by atoms with E-state index in [-0.39, 0.29) is 37.9 Å². The summed E-state index contributed by atoms with van der Waals surface area (Å²) in [5.41, 5.74) is 0.851. The summed E-state index contributed by atoms with van der Waals surface area (Å²) < 4.78 is 109. The Morgan fingerprint density at radius 3 is 1.45 bits per heavy atom. The van der Waals surface area contributed by atoms with E-state index in [4.69, 9.17) is 18.4 Å². The third-order valence-corrected chi connectivity index (χ3v) is 15.0. The zero-order valence-electron chi connectivity index (χ0n) is 34.6. The van der Waals surface area contributed by atoms with Crippen molar-refractivity contribution in [3.63, 3.8) is 0 Å². The second-order valence-electron chi connectivity index (χ2n) is 15.7. The molecule has 20 heteroatoms. The molecule has 0 amide bonds. The van der Waals surface area contributed by atoms with Crippen LogP contribution in [0.1, 0.15) is 50.6 Å². The highest BCUT2D eigenvalue weighted by atomic mass is 79.9. The summed E-state index contributed by atoms with van der Waals surface area (Å²) in [6.45, 7) is 14.2. The molecule has 0 aliphatic carbocycles. The van der Waals surface area contributed by atoms with E-state index in [0.29, 0.717) is 49.4 Å². The maximum Gasteiger partial charge on any atom is 0.497 e. The van der Waals surface area contributed by atoms with Crippen LogP contribution in [0.25, 0.3) is 44.6 Å². The first-order valence-corrected chi connectivity index (χ1v) is 22.7. The van der Waals surface area contributed by atoms with Gasteiger partial charge in [0.1, 0.15) is 34.5 Å². The first-order chi connectivity index (χ1) is 29.1. The minimum absolute atomic E-state index is 0.00568. The van der Waals surface area contributed by atoms with Crippen molar-refractivity contribution >= 4 is 70.6 Å². The van der Waals surface area contributed by atoms with E-state index in [0.717, 1.165) is 7.94 Å². The van der Waals surface area contributed by atoms with Gasteiger partial charge in [0.15, 0.2) is 11.3 Å². The van der Waals surface area contributed by atoms with Crippen molar-refractivity contribution in [2.75, 3.05) is 0 Å². The SMILES string of the molecule is Cc1noc(C)c1-c1nc2c(cc1F)c(B1OC(C)(C)C(C)(C)O1)cn2S(=O)(=O)c1ccccc1.Cc1noc(C)c1-c1nc2c(cc1F)c(Br)cn2S(=O)(=O)c1ccccc1. The minimum Gasteiger partial charge on any atom is -0.399 e. The molecule has 9 rings (SSSR count). The van der Waals surface area contributed by atoms with Gasteiger partial charge in [-0.2, -0.15) is 0 Å². The van der Waals surface area contributed by atoms with Crippen LogP contribution in [0.4, 0.5) is 8.78 Å². The van der Waals surface area contributed by atoms with Crippen molar-refractivity contribution in [3.05, 3.63) is 124 Å². The molecule has 6 aromatic heterocycles. The normalized spacial score (nSPS) is 15.0. The van der Waals surface area contributed by atoms with E-state index < -0.39 is 50.0 Å². The van der Waals surface area contributed by atoms with Crippen LogP contribution in [0.3, 0.4) is 0 Å². The standard InChI is InChI=1S/C24H25BFN3O5S.C18H13BrFN3O3S/c1-14-20(15(2)32-28-14)21-19(26)12-17-18(25-33-23(3,4)24(5,6)34-25)13-29(22(17)27-21)35(30,31)16-10-8-7-9-11-16;1-10-16(11(2)26-22-10)17-15(20)8-13-14(19)9-23(18(13)21-17)27(24,25)12-6-4-3-5-7-12/h7-13H,1-6H3;3-9H,1-2H3. The Morgan fingerprint density at radius 2 is 1.03 bits per heavy atom. The molecule has 0 atom stereocenters. The number of aryl methyl sites for hydroxylation is 4. The summed E-state index contributed by atoms with van der Waals surface area (Å²) in [5.74, 6) is -0.447. The van der Waals surface area contributed by atoms with Gasteiger partial charge in [0, 0.05) is 33.1 Å². The van der Waals surface area contributed by atoms with Crippen LogP contribution < -0.4 is 5.46 Å². The Balaban J connectivity index is 0.000000176. The molecule has 0 N–H and O–H groups in total. The number of aromatic nitrogens is 6. The minimum atomic E-state index is -4.07. The van der Waals surface area contributed by atoms with Gasteiger partial charge in [0.25, 0.3) is 20.0 Å². The molecule has 0 unspecified atom stereocenters. The van der Waals surface area contributed by atoms with Crippen LogP contribution in [-0.4, -0.2) is 63.4 Å². The second kappa shape index (κ2) is 15.4. The predicted molar refractivity (Wildman–Crippen MR) is 231 cm³/mol. The lowest BCUT2D eigenvalue weighted by molar-refractivity contribution is 0.00578. The van der Waals surface area contributed by atoms with Crippen LogP contribution in [-0.2, 0) is 29.4 Å². The van der Waals surface area contributed by atoms with E-state index in [1.807, 2.05) is 27.7 Å². The topological polar surface area (TPSA) is 174 Å². The lowest BCUT2D eigenvalue weighted by Gasteiger charge is -2.32. The number of rotatable bonds is 7. The average molecular weight is 948 g/mol. The molecule has 1 aliphatic heterocycles. The molecule has 14 nitrogen and oxygen atoms in total. The van der Waals surface area contributed by atoms with Gasteiger partial charge in [-0.15, -0.1) is 0 Å². The number of nitrogens with zero attached hydrogens (tertiary/aromatic N) is 6. The van der Waals surface area contributed by atoms with Crippen LogP contribution in [0.2, 0.25) is 0 Å². The summed E-state index contributed by atoms with van der Waals surface area (Å²) in [6.07, 6.45) is 2.77. The van der Waals surface area contributed by atoms with Crippen LogP contribution in [0, 0.1) is 39.3 Å². The zero-order chi connectivity index (χ0) is 44.7. The molecule has 320 valence electrons. The first-order valence-electron chi connectivity index (χ1n) is 19.1. The van der Waals surface area contributed by atoms with Crippen LogP contribution in [0.5, 0.6) is 0 Å². The van der Waals surface area contributed by atoms with Crippen LogP contribution >= 0.6 is 15.9 Å². The molecule has 8 aromatic rings. The Hall–Kier alpha value is -5.54. The molecule has 7 heterocycles. The van der Waals surface area contributed by atoms with Gasteiger partial charge in [-0.05, 0) is 108 Å². The molecule has 0 spiro atoms. The van der Waals surface area contributed by atoms with Gasteiger partial charge in [-0.3, -0.25) is 0 Å². The molecular weight excluding hydrogens is 909 g/mol. The van der Waals surface area contributed by atoms with Gasteiger partial charge >= 0.3 is 7.12 Å². The molecule has 1 aliphatic rings. The van der Waals surface area contributed by atoms with Crippen molar-refractivity contribution in [2.24, 2.45) is 0 Å². The summed E-state index contributed by atoms with van der Waals surface area (Å²) in [6, 6.07) is 18.5. The predicted octanol–water partition coefficient (Wildman–Crippen LogP) is 8.43. The largest absolute Gasteiger partial charge is 0.497 e. The van der Waals surface area contributed by atoms with Crippen molar-refractivity contribution in [3.8, 4) is 22.5 Å². The zero-order valence-corrected chi connectivity index (χ0v) is 37.8. The lowest BCUT2D eigenvalue weighted by Crippen LogP contribution is -2.41. The number of pyridine rings is 2. The van der Waals surface area contributed by atoms with Gasteiger partial charge < -0.3 is 18.4 Å². The maximum absolute atomic E-state index is 15.5. The second-order valence-corrected chi connectivity index (χ2v) is 20.1. The van der Waals surface area contributed by atoms with Crippen molar-refractivity contribution in [1.82, 2.24) is 28.2 Å². The Bertz CT molecular complexity index is 3220. The monoisotopic (exact) mass is 946 g/mol. The third kappa shape index (κ3) is 7.16. The maximum atomic E-state index is 15.5. The Kier molecular flexibility index (Phi) is 10.7. The summed E-state index contributed by atoms with van der Waals surface area (Å²) in [5, 5.41) is 8.33. The van der Waals surface area contributed by atoms with Gasteiger partial charge in [-0.1, -0.05) is 46.7 Å². The van der Waals surface area contributed by atoms with Crippen molar-refractivity contribution in [2.45, 2.75) is 76.4 Å². The fourth-order valence-electron chi connectivity index (χ4n) is 7.10. The lowest BCUT2D eigenvalue weighted by atomic mass is 9.79. The van der Waals surface area contributed by atoms with Crippen LogP contribution in [0.15, 0.2) is 108 Å². The Morgan fingerprint density at radius 1 is 0.629 bits per heavy atom.